The van der Waals surface area contributed by atoms with Crippen LogP contribution in [-0.4, -0.2) is 5.91 Å². The first-order chi connectivity index (χ1) is 8.08. The Bertz CT molecular complexity index is 565. The SMILES string of the molecule is Cc1ccoc1C(=O)Nc1ccc(Br)cc1Cl. The summed E-state index contributed by atoms with van der Waals surface area (Å²) in [6, 6.07) is 6.98. The molecule has 0 saturated carbocycles. The molecule has 1 heterocycles. The third kappa shape index (κ3) is 2.70. The molecule has 2 aromatic rings. The number of hydrogen-bond donors (Lipinski definition) is 1. The highest BCUT2D eigenvalue weighted by molar-refractivity contribution is 9.10. The Morgan fingerprint density at radius 1 is 1.41 bits per heavy atom. The van der Waals surface area contributed by atoms with E-state index in [-0.39, 0.29) is 5.91 Å². The topological polar surface area (TPSA) is 42.2 Å². The first-order valence-corrected chi connectivity index (χ1v) is 6.05. The summed E-state index contributed by atoms with van der Waals surface area (Å²) in [7, 11) is 0. The predicted octanol–water partition coefficient (Wildman–Crippen LogP) is 4.26. The second-order valence-electron chi connectivity index (χ2n) is 3.51. The quantitative estimate of drug-likeness (QED) is 0.900. The van der Waals surface area contributed by atoms with Crippen LogP contribution in [-0.2, 0) is 0 Å². The summed E-state index contributed by atoms with van der Waals surface area (Å²) in [5, 5.41) is 3.16. The number of amides is 1. The van der Waals surface area contributed by atoms with Gasteiger partial charge in [-0.3, -0.25) is 4.79 Å². The van der Waals surface area contributed by atoms with Crippen LogP contribution in [0.4, 0.5) is 5.69 Å². The fourth-order valence-corrected chi connectivity index (χ4v) is 2.10. The molecule has 17 heavy (non-hydrogen) atoms. The molecule has 0 aliphatic rings. The third-order valence-electron chi connectivity index (χ3n) is 2.25. The van der Waals surface area contributed by atoms with Gasteiger partial charge < -0.3 is 9.73 Å². The summed E-state index contributed by atoms with van der Waals surface area (Å²) in [6.45, 7) is 1.81. The van der Waals surface area contributed by atoms with E-state index in [9.17, 15) is 4.79 Å². The summed E-state index contributed by atoms with van der Waals surface area (Å²) >= 11 is 9.30. The normalized spacial score (nSPS) is 10.3. The van der Waals surface area contributed by atoms with Gasteiger partial charge in [-0.25, -0.2) is 0 Å². The molecule has 0 fully saturated rings. The van der Waals surface area contributed by atoms with Crippen LogP contribution in [0.5, 0.6) is 0 Å². The van der Waals surface area contributed by atoms with Gasteiger partial charge in [-0.05, 0) is 31.2 Å². The molecule has 0 bridgehead atoms. The molecular formula is C12H9BrClNO2. The predicted molar refractivity (Wildman–Crippen MR) is 70.6 cm³/mol. The minimum atomic E-state index is -0.309. The van der Waals surface area contributed by atoms with Gasteiger partial charge in [0.1, 0.15) is 0 Å². The highest BCUT2D eigenvalue weighted by Crippen LogP contribution is 2.26. The Morgan fingerprint density at radius 2 is 2.18 bits per heavy atom. The van der Waals surface area contributed by atoms with Gasteiger partial charge in [0, 0.05) is 10.0 Å². The molecule has 0 atom stereocenters. The minimum absolute atomic E-state index is 0.295. The van der Waals surface area contributed by atoms with Crippen molar-refractivity contribution in [2.75, 3.05) is 5.32 Å². The van der Waals surface area contributed by atoms with Crippen molar-refractivity contribution in [3.05, 3.63) is 51.3 Å². The molecular weight excluding hydrogens is 305 g/mol. The lowest BCUT2D eigenvalue weighted by atomic mass is 10.2. The van der Waals surface area contributed by atoms with Crippen LogP contribution in [0.15, 0.2) is 39.4 Å². The molecule has 1 amide bonds. The zero-order valence-electron chi connectivity index (χ0n) is 8.96. The highest BCUT2D eigenvalue weighted by Gasteiger charge is 2.13. The van der Waals surface area contributed by atoms with Crippen LogP contribution in [0.25, 0.3) is 0 Å². The summed E-state index contributed by atoms with van der Waals surface area (Å²) in [4.78, 5) is 11.9. The Labute approximate surface area is 112 Å². The van der Waals surface area contributed by atoms with Gasteiger partial charge in [-0.2, -0.15) is 0 Å². The van der Waals surface area contributed by atoms with Gasteiger partial charge in [0.05, 0.1) is 17.0 Å². The highest BCUT2D eigenvalue weighted by atomic mass is 79.9. The third-order valence-corrected chi connectivity index (χ3v) is 3.05. The van der Waals surface area contributed by atoms with Crippen LogP contribution in [0.2, 0.25) is 5.02 Å². The molecule has 3 nitrogen and oxygen atoms in total. The smallest absolute Gasteiger partial charge is 0.291 e. The first kappa shape index (κ1) is 12.2. The van der Waals surface area contributed by atoms with E-state index in [0.29, 0.717) is 16.5 Å². The van der Waals surface area contributed by atoms with Crippen molar-refractivity contribution in [3.63, 3.8) is 0 Å². The lowest BCUT2D eigenvalue weighted by molar-refractivity contribution is 0.0996. The van der Waals surface area contributed by atoms with Crippen LogP contribution < -0.4 is 5.32 Å². The Morgan fingerprint density at radius 3 is 2.76 bits per heavy atom. The molecule has 1 N–H and O–H groups in total. The second-order valence-corrected chi connectivity index (χ2v) is 4.83. The number of carbonyl (C=O) groups is 1. The summed E-state index contributed by atoms with van der Waals surface area (Å²) in [5.41, 5.74) is 1.34. The zero-order chi connectivity index (χ0) is 12.4. The maximum absolute atomic E-state index is 11.9. The molecule has 0 aliphatic heterocycles. The number of rotatable bonds is 2. The van der Waals surface area contributed by atoms with Gasteiger partial charge in [-0.15, -0.1) is 0 Å². The molecule has 0 aliphatic carbocycles. The van der Waals surface area contributed by atoms with Gasteiger partial charge in [0.15, 0.2) is 5.76 Å². The number of anilines is 1. The molecule has 0 radical (unpaired) electrons. The van der Waals surface area contributed by atoms with Crippen molar-refractivity contribution < 1.29 is 9.21 Å². The number of hydrogen-bond acceptors (Lipinski definition) is 2. The molecule has 88 valence electrons. The number of aryl methyl sites for hydroxylation is 1. The maximum Gasteiger partial charge on any atom is 0.291 e. The number of halogens is 2. The van der Waals surface area contributed by atoms with E-state index in [1.807, 2.05) is 6.92 Å². The first-order valence-electron chi connectivity index (χ1n) is 4.88. The van der Waals surface area contributed by atoms with Crippen LogP contribution in [0.3, 0.4) is 0 Å². The van der Waals surface area contributed by atoms with E-state index in [1.54, 1.807) is 24.3 Å². The number of nitrogens with one attached hydrogen (secondary N) is 1. The van der Waals surface area contributed by atoms with Crippen LogP contribution in [0.1, 0.15) is 16.1 Å². The lowest BCUT2D eigenvalue weighted by Crippen LogP contribution is -2.12. The van der Waals surface area contributed by atoms with Crippen molar-refractivity contribution in [1.29, 1.82) is 0 Å². The Kier molecular flexibility index (Phi) is 3.54. The standard InChI is InChI=1S/C12H9BrClNO2/c1-7-4-5-17-11(7)12(16)15-10-3-2-8(13)6-9(10)14/h2-6H,1H3,(H,15,16). The van der Waals surface area contributed by atoms with Gasteiger partial charge in [0.25, 0.3) is 5.91 Å². The van der Waals surface area contributed by atoms with E-state index in [0.717, 1.165) is 10.0 Å². The second kappa shape index (κ2) is 4.94. The van der Waals surface area contributed by atoms with E-state index < -0.39 is 0 Å². The molecule has 0 saturated heterocycles. The van der Waals surface area contributed by atoms with E-state index in [4.69, 9.17) is 16.0 Å². The molecule has 0 unspecified atom stereocenters. The average molecular weight is 315 g/mol. The fraction of sp³-hybridized carbons (Fsp3) is 0.0833. The van der Waals surface area contributed by atoms with Gasteiger partial charge in [-0.1, -0.05) is 27.5 Å². The summed E-state index contributed by atoms with van der Waals surface area (Å²) in [5.74, 6) is -0.0132. The van der Waals surface area contributed by atoms with Crippen LogP contribution >= 0.6 is 27.5 Å². The minimum Gasteiger partial charge on any atom is -0.459 e. The van der Waals surface area contributed by atoms with E-state index >= 15 is 0 Å². The van der Waals surface area contributed by atoms with E-state index in [2.05, 4.69) is 21.2 Å². The van der Waals surface area contributed by atoms with Crippen LogP contribution in [0, 0.1) is 6.92 Å². The molecule has 5 heteroatoms. The van der Waals surface area contributed by atoms with Gasteiger partial charge in [0.2, 0.25) is 0 Å². The van der Waals surface area contributed by atoms with Crippen molar-refractivity contribution in [3.8, 4) is 0 Å². The summed E-state index contributed by atoms with van der Waals surface area (Å²) in [6.07, 6.45) is 1.48. The Hall–Kier alpha value is -1.26. The zero-order valence-corrected chi connectivity index (χ0v) is 11.3. The fourth-order valence-electron chi connectivity index (χ4n) is 1.38. The summed E-state index contributed by atoms with van der Waals surface area (Å²) < 4.78 is 5.95. The number of carbonyl (C=O) groups excluding carboxylic acids is 1. The van der Waals surface area contributed by atoms with Crippen molar-refractivity contribution in [1.82, 2.24) is 0 Å². The van der Waals surface area contributed by atoms with Crippen molar-refractivity contribution >= 4 is 39.1 Å². The monoisotopic (exact) mass is 313 g/mol. The average Bonchev–Trinajstić information content (AvgIpc) is 2.68. The largest absolute Gasteiger partial charge is 0.459 e. The molecule has 0 spiro atoms. The lowest BCUT2D eigenvalue weighted by Gasteiger charge is -2.06. The molecule has 1 aromatic carbocycles. The number of benzene rings is 1. The molecule has 2 rings (SSSR count). The van der Waals surface area contributed by atoms with Crippen molar-refractivity contribution in [2.24, 2.45) is 0 Å². The number of furan rings is 1. The van der Waals surface area contributed by atoms with E-state index in [1.165, 1.54) is 6.26 Å². The Balaban J connectivity index is 2.22. The van der Waals surface area contributed by atoms with Crippen molar-refractivity contribution in [2.45, 2.75) is 6.92 Å². The van der Waals surface area contributed by atoms with Gasteiger partial charge >= 0.3 is 0 Å². The maximum atomic E-state index is 11.9. The molecule has 1 aromatic heterocycles.